The van der Waals surface area contributed by atoms with E-state index in [0.29, 0.717) is 12.0 Å². The van der Waals surface area contributed by atoms with E-state index in [4.69, 9.17) is 0 Å². The summed E-state index contributed by atoms with van der Waals surface area (Å²) in [6.07, 6.45) is 5.59. The van der Waals surface area contributed by atoms with Crippen LogP contribution in [0.5, 0.6) is 0 Å². The highest BCUT2D eigenvalue weighted by atomic mass is 19.2. The van der Waals surface area contributed by atoms with E-state index in [0.717, 1.165) is 43.8 Å². The van der Waals surface area contributed by atoms with Crippen LogP contribution in [0.25, 0.3) is 33.9 Å². The average Bonchev–Trinajstić information content (AvgIpc) is 3.48. The second-order valence-electron chi connectivity index (χ2n) is 13.0. The van der Waals surface area contributed by atoms with Crippen molar-refractivity contribution in [1.29, 1.82) is 0 Å². The maximum absolute atomic E-state index is 15.1. The first-order valence-electron chi connectivity index (χ1n) is 13.5. The third-order valence-electron chi connectivity index (χ3n) is 7.88. The predicted molar refractivity (Wildman–Crippen MR) is 154 cm³/mol. The van der Waals surface area contributed by atoms with Crippen LogP contribution in [0.15, 0.2) is 36.4 Å². The SMILES string of the molecule is CC(C)=c1cc2c(c(C3=C(c4c(F)c(F)c(F)c(F)c4F)C=CC3)c1C(C)(C)C)=Cc1cc(C(C)(C)C)ccc1-2. The Balaban J connectivity index is 1.97. The summed E-state index contributed by atoms with van der Waals surface area (Å²) in [6.45, 7) is 16.7. The smallest absolute Gasteiger partial charge is 0.200 e. The molecule has 0 N–H and O–H groups in total. The molecule has 0 amide bonds. The monoisotopic (exact) mass is 548 g/mol. The molecular weight excluding hydrogens is 515 g/mol. The Kier molecular flexibility index (Phi) is 6.52. The normalized spacial score (nSPS) is 14.5. The largest absolute Gasteiger partial charge is 0.203 e. The van der Waals surface area contributed by atoms with Crippen molar-refractivity contribution in [2.75, 3.05) is 0 Å². The number of halogens is 5. The van der Waals surface area contributed by atoms with E-state index in [2.05, 4.69) is 71.9 Å². The fourth-order valence-electron chi connectivity index (χ4n) is 5.92. The van der Waals surface area contributed by atoms with Gasteiger partial charge in [-0.2, -0.15) is 0 Å². The van der Waals surface area contributed by atoms with E-state index in [9.17, 15) is 13.2 Å². The van der Waals surface area contributed by atoms with Crippen LogP contribution in [0.1, 0.15) is 89.6 Å². The van der Waals surface area contributed by atoms with Gasteiger partial charge in [0.25, 0.3) is 0 Å². The highest BCUT2D eigenvalue weighted by Gasteiger charge is 2.33. The van der Waals surface area contributed by atoms with Crippen molar-refractivity contribution in [3.63, 3.8) is 0 Å². The molecular formula is C35H33F5. The van der Waals surface area contributed by atoms with Crippen LogP contribution in [0.2, 0.25) is 0 Å². The van der Waals surface area contributed by atoms with Gasteiger partial charge in [0.2, 0.25) is 5.82 Å². The van der Waals surface area contributed by atoms with Gasteiger partial charge in [-0.05, 0) is 98.2 Å². The topological polar surface area (TPSA) is 0 Å². The minimum atomic E-state index is -2.16. The van der Waals surface area contributed by atoms with Crippen molar-refractivity contribution in [2.24, 2.45) is 0 Å². The first-order chi connectivity index (χ1) is 18.5. The molecule has 0 unspecified atom stereocenters. The van der Waals surface area contributed by atoms with E-state index in [1.165, 1.54) is 11.6 Å². The number of allylic oxidation sites excluding steroid dienone is 4. The second kappa shape index (κ2) is 9.29. The zero-order valence-corrected chi connectivity index (χ0v) is 24.1. The van der Waals surface area contributed by atoms with Gasteiger partial charge >= 0.3 is 0 Å². The molecule has 2 aliphatic rings. The molecule has 0 radical (unpaired) electrons. The van der Waals surface area contributed by atoms with Crippen LogP contribution in [0.4, 0.5) is 22.0 Å². The zero-order valence-electron chi connectivity index (χ0n) is 24.1. The molecule has 40 heavy (non-hydrogen) atoms. The van der Waals surface area contributed by atoms with Crippen LogP contribution in [-0.4, -0.2) is 0 Å². The molecule has 5 heteroatoms. The first kappa shape index (κ1) is 28.1. The van der Waals surface area contributed by atoms with Gasteiger partial charge in [0.05, 0.1) is 5.56 Å². The quantitative estimate of drug-likeness (QED) is 0.133. The molecule has 0 atom stereocenters. The summed E-state index contributed by atoms with van der Waals surface area (Å²) in [7, 11) is 0. The molecule has 2 aliphatic carbocycles. The molecule has 208 valence electrons. The lowest BCUT2D eigenvalue weighted by molar-refractivity contribution is 0.376. The predicted octanol–water partition coefficient (Wildman–Crippen LogP) is 8.85. The maximum atomic E-state index is 15.1. The fraction of sp³-hybridized carbons (Fsp3) is 0.314. The number of hydrogen-bond donors (Lipinski definition) is 0. The Bertz CT molecular complexity index is 1750. The molecule has 5 rings (SSSR count). The van der Waals surface area contributed by atoms with Gasteiger partial charge in [-0.1, -0.05) is 77.5 Å². The molecule has 3 aromatic rings. The van der Waals surface area contributed by atoms with Gasteiger partial charge in [-0.3, -0.25) is 0 Å². The van der Waals surface area contributed by atoms with Crippen molar-refractivity contribution in [3.05, 3.63) is 104 Å². The standard InChI is InChI=1S/C35H33F5/c1-17(2)23-16-24-20-13-12-19(34(3,4)5)14-18(20)15-25(24)26(28(23)35(6,7)8)21-10-9-11-22(21)27-29(36)31(38)33(40)32(39)30(27)37/h9,11-16H,10H2,1-8H3. The third-order valence-corrected chi connectivity index (χ3v) is 7.88. The van der Waals surface area contributed by atoms with E-state index in [-0.39, 0.29) is 11.0 Å². The van der Waals surface area contributed by atoms with Crippen LogP contribution >= 0.6 is 0 Å². The third kappa shape index (κ3) is 4.25. The van der Waals surface area contributed by atoms with Crippen LogP contribution in [-0.2, 0) is 10.8 Å². The summed E-state index contributed by atoms with van der Waals surface area (Å²) in [5, 5.41) is 1.91. The molecule has 0 bridgehead atoms. The lowest BCUT2D eigenvalue weighted by atomic mass is 9.76. The minimum absolute atomic E-state index is 0.0196. The Labute approximate surface area is 232 Å². The molecule has 0 spiro atoms. The fourth-order valence-corrected chi connectivity index (χ4v) is 5.92. The van der Waals surface area contributed by atoms with Crippen molar-refractivity contribution in [3.8, 4) is 11.1 Å². The van der Waals surface area contributed by atoms with E-state index < -0.39 is 40.1 Å². The van der Waals surface area contributed by atoms with Crippen molar-refractivity contribution in [2.45, 2.75) is 72.6 Å². The molecule has 0 saturated carbocycles. The van der Waals surface area contributed by atoms with Gasteiger partial charge < -0.3 is 0 Å². The minimum Gasteiger partial charge on any atom is -0.203 e. The molecule has 0 aromatic heterocycles. The molecule has 0 nitrogen and oxygen atoms in total. The summed E-state index contributed by atoms with van der Waals surface area (Å²) in [5.41, 5.74) is 6.32. The molecule has 0 fully saturated rings. The first-order valence-corrected chi connectivity index (χ1v) is 13.5. The Morgan fingerprint density at radius 2 is 1.30 bits per heavy atom. The molecule has 0 heterocycles. The zero-order chi connectivity index (χ0) is 29.5. The summed E-state index contributed by atoms with van der Waals surface area (Å²) in [6, 6.07) is 8.58. The Morgan fingerprint density at radius 3 is 1.85 bits per heavy atom. The highest BCUT2D eigenvalue weighted by molar-refractivity contribution is 6.02. The van der Waals surface area contributed by atoms with E-state index >= 15 is 8.78 Å². The number of benzene rings is 3. The van der Waals surface area contributed by atoms with E-state index in [1.54, 1.807) is 6.08 Å². The second-order valence-corrected chi connectivity index (χ2v) is 13.0. The summed E-state index contributed by atoms with van der Waals surface area (Å²) < 4.78 is 72.9. The lowest BCUT2D eigenvalue weighted by Gasteiger charge is -2.27. The van der Waals surface area contributed by atoms with E-state index in [1.807, 2.05) is 13.8 Å². The lowest BCUT2D eigenvalue weighted by Crippen LogP contribution is -2.31. The van der Waals surface area contributed by atoms with Gasteiger partial charge in [0, 0.05) is 0 Å². The van der Waals surface area contributed by atoms with Crippen LogP contribution in [0, 0.1) is 29.1 Å². The Hall–Kier alpha value is -3.47. The van der Waals surface area contributed by atoms with Crippen LogP contribution in [0.3, 0.4) is 0 Å². The van der Waals surface area contributed by atoms with Gasteiger partial charge in [-0.15, -0.1) is 0 Å². The molecule has 3 aromatic carbocycles. The van der Waals surface area contributed by atoms with Gasteiger partial charge in [-0.25, -0.2) is 22.0 Å². The van der Waals surface area contributed by atoms with Gasteiger partial charge in [0.15, 0.2) is 23.3 Å². The molecule has 0 aliphatic heterocycles. The summed E-state index contributed by atoms with van der Waals surface area (Å²) >= 11 is 0. The maximum Gasteiger partial charge on any atom is 0.200 e. The molecule has 0 saturated heterocycles. The van der Waals surface area contributed by atoms with Crippen molar-refractivity contribution >= 4 is 22.8 Å². The number of fused-ring (bicyclic) bond motifs is 3. The number of hydrogen-bond acceptors (Lipinski definition) is 0. The number of rotatable bonds is 2. The highest BCUT2D eigenvalue weighted by Crippen LogP contribution is 2.42. The van der Waals surface area contributed by atoms with Crippen molar-refractivity contribution < 1.29 is 22.0 Å². The summed E-state index contributed by atoms with van der Waals surface area (Å²) in [5.74, 6) is -9.68. The average molecular weight is 549 g/mol. The van der Waals surface area contributed by atoms with Crippen LogP contribution < -0.4 is 10.4 Å². The van der Waals surface area contributed by atoms with Gasteiger partial charge in [0.1, 0.15) is 0 Å². The summed E-state index contributed by atoms with van der Waals surface area (Å²) in [4.78, 5) is 0. The van der Waals surface area contributed by atoms with Crippen molar-refractivity contribution in [1.82, 2.24) is 0 Å². The Morgan fingerprint density at radius 1 is 0.700 bits per heavy atom.